The number of rotatable bonds is 3. The van der Waals surface area contributed by atoms with E-state index in [1.807, 2.05) is 0 Å². The van der Waals surface area contributed by atoms with Crippen LogP contribution in [0.15, 0.2) is 35.6 Å². The van der Waals surface area contributed by atoms with Crippen molar-refractivity contribution in [2.24, 2.45) is 5.92 Å². The lowest BCUT2D eigenvalue weighted by Gasteiger charge is -2.25. The Morgan fingerprint density at radius 1 is 1.29 bits per heavy atom. The molecule has 1 aromatic heterocycles. The van der Waals surface area contributed by atoms with Crippen molar-refractivity contribution in [2.45, 2.75) is 31.6 Å². The number of hydrogen-bond acceptors (Lipinski definition) is 4. The zero-order valence-corrected chi connectivity index (χ0v) is 13.1. The zero-order chi connectivity index (χ0) is 14.8. The van der Waals surface area contributed by atoms with Crippen molar-refractivity contribution in [3.63, 3.8) is 0 Å². The fourth-order valence-corrected chi connectivity index (χ4v) is 3.79. The Morgan fingerprint density at radius 2 is 2.14 bits per heavy atom. The summed E-state index contributed by atoms with van der Waals surface area (Å²) in [5, 5.41) is 0. The van der Waals surface area contributed by atoms with Gasteiger partial charge in [-0.15, -0.1) is 11.8 Å². The normalized spacial score (nSPS) is 17.6. The standard InChI is InChI=1S/C17H18N2OS/c1-3-21-16-5-4-12(14-10-18-6-7-19-14)13-8-11(2)9-15(20)17(13)16/h4-7,10-11H,3,8-9H2,1-2H3. The van der Waals surface area contributed by atoms with Crippen LogP contribution in [0.5, 0.6) is 0 Å². The first-order valence-corrected chi connectivity index (χ1v) is 8.27. The van der Waals surface area contributed by atoms with E-state index in [-0.39, 0.29) is 5.78 Å². The average Bonchev–Trinajstić information content (AvgIpc) is 2.48. The SMILES string of the molecule is CCSc1ccc(-c2cnccn2)c2c1C(=O)CC(C)C2. The van der Waals surface area contributed by atoms with Crippen LogP contribution in [0.25, 0.3) is 11.3 Å². The highest BCUT2D eigenvalue weighted by Crippen LogP contribution is 2.38. The number of aromatic nitrogens is 2. The van der Waals surface area contributed by atoms with E-state index in [2.05, 4.69) is 35.9 Å². The van der Waals surface area contributed by atoms with Crippen LogP contribution in [0, 0.1) is 5.92 Å². The number of fused-ring (bicyclic) bond motifs is 1. The van der Waals surface area contributed by atoms with Gasteiger partial charge in [0.2, 0.25) is 0 Å². The third-order valence-electron chi connectivity index (χ3n) is 3.78. The predicted octanol–water partition coefficient (Wildman–Crippen LogP) is 4.02. The monoisotopic (exact) mass is 298 g/mol. The van der Waals surface area contributed by atoms with Gasteiger partial charge in [0.1, 0.15) is 0 Å². The molecule has 0 saturated heterocycles. The smallest absolute Gasteiger partial charge is 0.164 e. The Morgan fingerprint density at radius 3 is 2.86 bits per heavy atom. The lowest BCUT2D eigenvalue weighted by Crippen LogP contribution is -2.20. The molecule has 1 aromatic carbocycles. The van der Waals surface area contributed by atoms with Crippen molar-refractivity contribution in [3.05, 3.63) is 41.9 Å². The molecule has 3 nitrogen and oxygen atoms in total. The number of nitrogens with zero attached hydrogens (tertiary/aromatic N) is 2. The summed E-state index contributed by atoms with van der Waals surface area (Å²) in [7, 11) is 0. The minimum absolute atomic E-state index is 0.269. The first kappa shape index (κ1) is 14.3. The molecule has 0 amide bonds. The van der Waals surface area contributed by atoms with E-state index < -0.39 is 0 Å². The van der Waals surface area contributed by atoms with Crippen molar-refractivity contribution in [2.75, 3.05) is 5.75 Å². The molecule has 0 bridgehead atoms. The van der Waals surface area contributed by atoms with Gasteiger partial charge >= 0.3 is 0 Å². The van der Waals surface area contributed by atoms with Gasteiger partial charge < -0.3 is 0 Å². The number of carbonyl (C=O) groups excluding carboxylic acids is 1. The van der Waals surface area contributed by atoms with Crippen molar-refractivity contribution < 1.29 is 4.79 Å². The molecule has 3 rings (SSSR count). The summed E-state index contributed by atoms with van der Waals surface area (Å²) in [6, 6.07) is 4.15. The van der Waals surface area contributed by atoms with Crippen molar-refractivity contribution in [3.8, 4) is 11.3 Å². The van der Waals surface area contributed by atoms with Crippen LogP contribution in [0.3, 0.4) is 0 Å². The Labute approximate surface area is 129 Å². The molecule has 0 radical (unpaired) electrons. The molecule has 0 saturated carbocycles. The largest absolute Gasteiger partial charge is 0.294 e. The minimum Gasteiger partial charge on any atom is -0.294 e. The molecule has 1 heterocycles. The van der Waals surface area contributed by atoms with Gasteiger partial charge in [0.25, 0.3) is 0 Å². The summed E-state index contributed by atoms with van der Waals surface area (Å²) in [5.74, 6) is 1.63. The maximum absolute atomic E-state index is 12.5. The van der Waals surface area contributed by atoms with Gasteiger partial charge in [-0.2, -0.15) is 0 Å². The zero-order valence-electron chi connectivity index (χ0n) is 12.3. The average molecular weight is 298 g/mol. The van der Waals surface area contributed by atoms with E-state index in [0.717, 1.165) is 39.5 Å². The minimum atomic E-state index is 0.269. The topological polar surface area (TPSA) is 42.9 Å². The molecular formula is C17H18N2OS. The molecule has 2 aromatic rings. The Bertz CT molecular complexity index is 670. The van der Waals surface area contributed by atoms with Gasteiger partial charge in [0, 0.05) is 34.8 Å². The van der Waals surface area contributed by atoms with E-state index in [9.17, 15) is 4.79 Å². The second kappa shape index (κ2) is 5.98. The Kier molecular flexibility index (Phi) is 4.06. The summed E-state index contributed by atoms with van der Waals surface area (Å²) in [4.78, 5) is 22.2. The molecule has 108 valence electrons. The highest BCUT2D eigenvalue weighted by molar-refractivity contribution is 7.99. The van der Waals surface area contributed by atoms with Crippen LogP contribution >= 0.6 is 11.8 Å². The summed E-state index contributed by atoms with van der Waals surface area (Å²) < 4.78 is 0. The van der Waals surface area contributed by atoms with E-state index in [1.54, 1.807) is 30.4 Å². The highest BCUT2D eigenvalue weighted by atomic mass is 32.2. The molecule has 0 spiro atoms. The maximum Gasteiger partial charge on any atom is 0.164 e. The molecule has 1 aliphatic rings. The first-order valence-electron chi connectivity index (χ1n) is 7.29. The molecule has 1 unspecified atom stereocenters. The highest BCUT2D eigenvalue weighted by Gasteiger charge is 2.27. The summed E-state index contributed by atoms with van der Waals surface area (Å²) >= 11 is 1.74. The fraction of sp³-hybridized carbons (Fsp3) is 0.353. The fourth-order valence-electron chi connectivity index (χ4n) is 2.94. The van der Waals surface area contributed by atoms with E-state index in [0.29, 0.717) is 12.3 Å². The molecular weight excluding hydrogens is 280 g/mol. The Hall–Kier alpha value is -1.68. The van der Waals surface area contributed by atoms with Gasteiger partial charge in [0.15, 0.2) is 5.78 Å². The predicted molar refractivity (Wildman–Crippen MR) is 85.7 cm³/mol. The lowest BCUT2D eigenvalue weighted by molar-refractivity contribution is 0.0950. The van der Waals surface area contributed by atoms with Crippen molar-refractivity contribution in [1.29, 1.82) is 0 Å². The molecule has 21 heavy (non-hydrogen) atoms. The van der Waals surface area contributed by atoms with Gasteiger partial charge in [-0.1, -0.05) is 19.9 Å². The van der Waals surface area contributed by atoms with Crippen molar-refractivity contribution in [1.82, 2.24) is 9.97 Å². The number of benzene rings is 1. The second-order valence-corrected chi connectivity index (χ2v) is 6.73. The van der Waals surface area contributed by atoms with Crippen LogP contribution < -0.4 is 0 Å². The first-order chi connectivity index (χ1) is 10.2. The number of ketones is 1. The summed E-state index contributed by atoms with van der Waals surface area (Å²) in [5.41, 5.74) is 3.97. The summed E-state index contributed by atoms with van der Waals surface area (Å²) in [6.45, 7) is 4.25. The maximum atomic E-state index is 12.5. The molecule has 1 aliphatic carbocycles. The van der Waals surface area contributed by atoms with Crippen molar-refractivity contribution >= 4 is 17.5 Å². The number of Topliss-reactive ketones (excluding diaryl/α,β-unsaturated/α-hetero) is 1. The lowest BCUT2D eigenvalue weighted by atomic mass is 9.81. The third-order valence-corrected chi connectivity index (χ3v) is 4.72. The number of carbonyl (C=O) groups is 1. The van der Waals surface area contributed by atoms with E-state index >= 15 is 0 Å². The molecule has 1 atom stereocenters. The van der Waals surface area contributed by atoms with E-state index in [1.165, 1.54) is 0 Å². The van der Waals surface area contributed by atoms with Gasteiger partial charge in [0.05, 0.1) is 11.9 Å². The summed E-state index contributed by atoms with van der Waals surface area (Å²) in [6.07, 6.45) is 6.72. The quantitative estimate of drug-likeness (QED) is 0.803. The van der Waals surface area contributed by atoms with Gasteiger partial charge in [-0.05, 0) is 29.7 Å². The molecule has 0 fully saturated rings. The number of hydrogen-bond donors (Lipinski definition) is 0. The molecule has 4 heteroatoms. The van der Waals surface area contributed by atoms with Crippen LogP contribution in [-0.2, 0) is 6.42 Å². The molecule has 0 aliphatic heterocycles. The Balaban J connectivity index is 2.20. The van der Waals surface area contributed by atoms with Crippen LogP contribution in [0.1, 0.15) is 36.2 Å². The van der Waals surface area contributed by atoms with Crippen LogP contribution in [0.2, 0.25) is 0 Å². The third kappa shape index (κ3) is 2.72. The van der Waals surface area contributed by atoms with E-state index in [4.69, 9.17) is 0 Å². The molecule has 0 N–H and O–H groups in total. The van der Waals surface area contributed by atoms with Crippen LogP contribution in [-0.4, -0.2) is 21.5 Å². The second-order valence-electron chi connectivity index (χ2n) is 5.43. The number of thioether (sulfide) groups is 1. The van der Waals surface area contributed by atoms with Crippen LogP contribution in [0.4, 0.5) is 0 Å². The van der Waals surface area contributed by atoms with Gasteiger partial charge in [-0.3, -0.25) is 14.8 Å². The van der Waals surface area contributed by atoms with Gasteiger partial charge in [-0.25, -0.2) is 0 Å².